The van der Waals surface area contributed by atoms with Crippen LogP contribution in [0, 0.1) is 0 Å². The van der Waals surface area contributed by atoms with Crippen LogP contribution in [-0.2, 0) is 11.8 Å². The fourth-order valence-electron chi connectivity index (χ4n) is 2.66. The molecule has 3 rings (SSSR count). The van der Waals surface area contributed by atoms with Crippen LogP contribution in [0.3, 0.4) is 0 Å². The second-order valence-corrected chi connectivity index (χ2v) is 7.54. The molecular weight excluding hydrogens is 412 g/mol. The van der Waals surface area contributed by atoms with Crippen LogP contribution in [0.2, 0.25) is 5.02 Å². The van der Waals surface area contributed by atoms with Gasteiger partial charge in [0.2, 0.25) is 5.91 Å². The standard InChI is InChI=1S/C20H21ClN4O3S/c1-13(28-17-10-5-4-9-16(17)27-3)19-23-24-20(25(19)2)29-12-18(26)22-15-8-6-7-14(21)11-15/h4-11,13H,12H2,1-3H3,(H,22,26). The number of anilines is 1. The van der Waals surface area contributed by atoms with Gasteiger partial charge in [-0.2, -0.15) is 0 Å². The molecule has 0 saturated carbocycles. The van der Waals surface area contributed by atoms with Gasteiger partial charge in [0.05, 0.1) is 12.9 Å². The maximum absolute atomic E-state index is 12.2. The molecule has 0 aliphatic carbocycles. The molecule has 0 aliphatic heterocycles. The molecule has 0 saturated heterocycles. The highest BCUT2D eigenvalue weighted by Crippen LogP contribution is 2.30. The number of hydrogen-bond acceptors (Lipinski definition) is 6. The number of nitrogens with zero attached hydrogens (tertiary/aromatic N) is 3. The highest BCUT2D eigenvalue weighted by Gasteiger charge is 2.19. The minimum absolute atomic E-state index is 0.153. The zero-order valence-corrected chi connectivity index (χ0v) is 17.8. The van der Waals surface area contributed by atoms with Crippen LogP contribution in [0.25, 0.3) is 0 Å². The Morgan fingerprint density at radius 3 is 2.69 bits per heavy atom. The number of aromatic nitrogens is 3. The first-order valence-corrected chi connectivity index (χ1v) is 10.2. The molecule has 1 aromatic heterocycles. The van der Waals surface area contributed by atoms with Crippen molar-refractivity contribution in [3.8, 4) is 11.5 Å². The summed E-state index contributed by atoms with van der Waals surface area (Å²) in [4.78, 5) is 12.2. The van der Waals surface area contributed by atoms with E-state index in [1.807, 2.05) is 42.8 Å². The van der Waals surface area contributed by atoms with Gasteiger partial charge in [-0.3, -0.25) is 4.79 Å². The zero-order valence-electron chi connectivity index (χ0n) is 16.3. The molecule has 1 amide bonds. The molecule has 1 atom stereocenters. The van der Waals surface area contributed by atoms with E-state index in [9.17, 15) is 4.79 Å². The SMILES string of the molecule is COc1ccccc1OC(C)c1nnc(SCC(=O)Nc2cccc(Cl)c2)n1C. The Bertz CT molecular complexity index is 995. The summed E-state index contributed by atoms with van der Waals surface area (Å²) in [5.41, 5.74) is 0.653. The molecule has 9 heteroatoms. The van der Waals surface area contributed by atoms with Crippen molar-refractivity contribution in [3.63, 3.8) is 0 Å². The minimum Gasteiger partial charge on any atom is -0.493 e. The van der Waals surface area contributed by atoms with E-state index in [0.29, 0.717) is 33.2 Å². The molecule has 3 aromatic rings. The number of ether oxygens (including phenoxy) is 2. The third-order valence-electron chi connectivity index (χ3n) is 4.05. The van der Waals surface area contributed by atoms with Crippen molar-refractivity contribution in [3.05, 3.63) is 59.4 Å². The Morgan fingerprint density at radius 2 is 1.97 bits per heavy atom. The average Bonchev–Trinajstić information content (AvgIpc) is 3.07. The van der Waals surface area contributed by atoms with Gasteiger partial charge in [-0.05, 0) is 37.3 Å². The van der Waals surface area contributed by atoms with Crippen molar-refractivity contribution in [1.82, 2.24) is 14.8 Å². The molecule has 7 nitrogen and oxygen atoms in total. The van der Waals surface area contributed by atoms with Gasteiger partial charge in [0.1, 0.15) is 0 Å². The molecule has 1 heterocycles. The van der Waals surface area contributed by atoms with Crippen LogP contribution in [0.4, 0.5) is 5.69 Å². The van der Waals surface area contributed by atoms with Crippen LogP contribution in [-0.4, -0.2) is 33.5 Å². The maximum atomic E-state index is 12.2. The lowest BCUT2D eigenvalue weighted by atomic mass is 10.3. The summed E-state index contributed by atoms with van der Waals surface area (Å²) in [6.45, 7) is 1.89. The first-order chi connectivity index (χ1) is 14.0. The van der Waals surface area contributed by atoms with Gasteiger partial charge < -0.3 is 19.4 Å². The summed E-state index contributed by atoms with van der Waals surface area (Å²) in [5, 5.41) is 12.4. The quantitative estimate of drug-likeness (QED) is 0.533. The largest absolute Gasteiger partial charge is 0.493 e. The highest BCUT2D eigenvalue weighted by atomic mass is 35.5. The van der Waals surface area contributed by atoms with E-state index in [2.05, 4.69) is 15.5 Å². The molecule has 2 aromatic carbocycles. The zero-order chi connectivity index (χ0) is 20.8. The van der Waals surface area contributed by atoms with Crippen molar-refractivity contribution in [1.29, 1.82) is 0 Å². The summed E-state index contributed by atoms with van der Waals surface area (Å²) in [6.07, 6.45) is -0.349. The van der Waals surface area contributed by atoms with E-state index in [0.717, 1.165) is 0 Å². The summed E-state index contributed by atoms with van der Waals surface area (Å²) < 4.78 is 13.1. The molecule has 1 N–H and O–H groups in total. The Labute approximate surface area is 178 Å². The predicted octanol–water partition coefficient (Wildman–Crippen LogP) is 4.35. The van der Waals surface area contributed by atoms with Gasteiger partial charge >= 0.3 is 0 Å². The Balaban J connectivity index is 1.60. The first-order valence-electron chi connectivity index (χ1n) is 8.85. The third-order valence-corrected chi connectivity index (χ3v) is 5.30. The number of carbonyl (C=O) groups is 1. The number of benzene rings is 2. The van der Waals surface area contributed by atoms with Crippen molar-refractivity contribution >= 4 is 35.0 Å². The van der Waals surface area contributed by atoms with Crippen LogP contribution in [0.1, 0.15) is 18.9 Å². The average molecular weight is 433 g/mol. The van der Waals surface area contributed by atoms with Crippen LogP contribution in [0.5, 0.6) is 11.5 Å². The maximum Gasteiger partial charge on any atom is 0.234 e. The Morgan fingerprint density at radius 1 is 1.21 bits per heavy atom. The fraction of sp³-hybridized carbons (Fsp3) is 0.250. The molecule has 0 fully saturated rings. The summed E-state index contributed by atoms with van der Waals surface area (Å²) >= 11 is 7.23. The monoisotopic (exact) mass is 432 g/mol. The van der Waals surface area contributed by atoms with Crippen LogP contribution < -0.4 is 14.8 Å². The number of halogens is 1. The third kappa shape index (κ3) is 5.42. The molecule has 152 valence electrons. The number of methoxy groups -OCH3 is 1. The Kier molecular flexibility index (Phi) is 7.00. The van der Waals surface area contributed by atoms with Gasteiger partial charge in [-0.25, -0.2) is 0 Å². The molecule has 29 heavy (non-hydrogen) atoms. The minimum atomic E-state index is -0.349. The number of amides is 1. The van der Waals surface area contributed by atoms with E-state index in [4.69, 9.17) is 21.1 Å². The lowest BCUT2D eigenvalue weighted by molar-refractivity contribution is -0.113. The smallest absolute Gasteiger partial charge is 0.234 e. The predicted molar refractivity (Wildman–Crippen MR) is 114 cm³/mol. The molecule has 0 bridgehead atoms. The highest BCUT2D eigenvalue weighted by molar-refractivity contribution is 7.99. The lowest BCUT2D eigenvalue weighted by Crippen LogP contribution is -2.15. The van der Waals surface area contributed by atoms with Crippen molar-refractivity contribution in [2.45, 2.75) is 18.2 Å². The normalized spacial score (nSPS) is 11.7. The number of nitrogens with one attached hydrogen (secondary N) is 1. The van der Waals surface area contributed by atoms with Crippen molar-refractivity contribution in [2.24, 2.45) is 7.05 Å². The van der Waals surface area contributed by atoms with E-state index < -0.39 is 0 Å². The summed E-state index contributed by atoms with van der Waals surface area (Å²) in [5.74, 6) is 1.96. The second kappa shape index (κ2) is 9.67. The van der Waals surface area contributed by atoms with E-state index in [1.165, 1.54) is 11.8 Å². The van der Waals surface area contributed by atoms with E-state index in [1.54, 1.807) is 31.4 Å². The molecule has 0 aliphatic rings. The topological polar surface area (TPSA) is 78.3 Å². The van der Waals surface area contributed by atoms with Crippen molar-refractivity contribution < 1.29 is 14.3 Å². The number of para-hydroxylation sites is 2. The van der Waals surface area contributed by atoms with E-state index in [-0.39, 0.29) is 17.8 Å². The second-order valence-electron chi connectivity index (χ2n) is 6.16. The van der Waals surface area contributed by atoms with Gasteiger partial charge in [-0.15, -0.1) is 10.2 Å². The number of hydrogen-bond donors (Lipinski definition) is 1. The lowest BCUT2D eigenvalue weighted by Gasteiger charge is -2.16. The Hall–Kier alpha value is -2.71. The molecule has 1 unspecified atom stereocenters. The first kappa shape index (κ1) is 21.0. The van der Waals surface area contributed by atoms with Crippen LogP contribution >= 0.6 is 23.4 Å². The van der Waals surface area contributed by atoms with Gasteiger partial charge in [0.15, 0.2) is 28.6 Å². The number of carbonyl (C=O) groups excluding carboxylic acids is 1. The summed E-state index contributed by atoms with van der Waals surface area (Å²) in [6, 6.07) is 14.4. The molecule has 0 radical (unpaired) electrons. The number of thioether (sulfide) groups is 1. The van der Waals surface area contributed by atoms with Crippen LogP contribution in [0.15, 0.2) is 53.7 Å². The van der Waals surface area contributed by atoms with E-state index >= 15 is 0 Å². The number of rotatable bonds is 8. The van der Waals surface area contributed by atoms with Gasteiger partial charge in [0, 0.05) is 17.8 Å². The molecule has 0 spiro atoms. The van der Waals surface area contributed by atoms with Gasteiger partial charge in [-0.1, -0.05) is 41.6 Å². The molecular formula is C20H21ClN4O3S. The summed E-state index contributed by atoms with van der Waals surface area (Å²) in [7, 11) is 3.44. The van der Waals surface area contributed by atoms with Crippen molar-refractivity contribution in [2.75, 3.05) is 18.2 Å². The fourth-order valence-corrected chi connectivity index (χ4v) is 3.57. The van der Waals surface area contributed by atoms with Gasteiger partial charge in [0.25, 0.3) is 0 Å².